The Balaban J connectivity index is 0.824. The number of imidazole rings is 4. The first-order chi connectivity index (χ1) is 33.8. The van der Waals surface area contributed by atoms with Crippen LogP contribution < -0.4 is 11.1 Å². The number of aliphatic hydroxyl groups is 3. The maximum absolute atomic E-state index is 14.1. The SMILES string of the molecule is CC(COC(C)(C)CCSc1nc2c(=O)n3cc(-c4ccccc4)[nH]c3nc2n1C1OC2COPOC2C1O)Sc1nc2c(=O)n3cc(-c4ccccc4)[nH]c3nc2n1C[C@@H](O)C1OP(O)OCC1O. The molecule has 9 unspecified atom stereocenters. The number of benzene rings is 2. The van der Waals surface area contributed by atoms with E-state index in [4.69, 9.17) is 47.5 Å². The number of thioether (sulfide) groups is 2. The Kier molecular flexibility index (Phi) is 13.2. The predicted molar refractivity (Wildman–Crippen MR) is 261 cm³/mol. The van der Waals surface area contributed by atoms with Crippen LogP contribution in [0, 0.1) is 0 Å². The Morgan fingerprint density at radius 2 is 1.53 bits per heavy atom. The van der Waals surface area contributed by atoms with Crippen molar-refractivity contribution in [2.24, 2.45) is 0 Å². The van der Waals surface area contributed by atoms with Crippen molar-refractivity contribution in [2.75, 3.05) is 25.6 Å². The van der Waals surface area contributed by atoms with Gasteiger partial charge >= 0.3 is 8.60 Å². The maximum Gasteiger partial charge on any atom is 0.330 e. The van der Waals surface area contributed by atoms with Crippen molar-refractivity contribution >= 4 is 75.0 Å². The summed E-state index contributed by atoms with van der Waals surface area (Å²) in [7, 11) is -2.55. The van der Waals surface area contributed by atoms with E-state index in [-0.39, 0.29) is 74.3 Å². The molecule has 6 aromatic heterocycles. The first-order valence-electron chi connectivity index (χ1n) is 22.4. The lowest BCUT2D eigenvalue weighted by Gasteiger charge is -2.33. The van der Waals surface area contributed by atoms with Crippen LogP contribution >= 0.6 is 41.2 Å². The molecule has 3 saturated heterocycles. The van der Waals surface area contributed by atoms with E-state index < -0.39 is 62.6 Å². The first kappa shape index (κ1) is 47.7. The van der Waals surface area contributed by atoms with Gasteiger partial charge in [0, 0.05) is 23.4 Å². The zero-order valence-corrected chi connectivity index (χ0v) is 41.2. The molecular formula is C44H48N10O12P2S2. The minimum atomic E-state index is -2.31. The van der Waals surface area contributed by atoms with Crippen molar-refractivity contribution in [3.05, 3.63) is 93.8 Å². The van der Waals surface area contributed by atoms with E-state index in [0.29, 0.717) is 39.7 Å². The number of aromatic nitrogens is 10. The molecule has 11 rings (SSSR count). The molecule has 9 heterocycles. The van der Waals surface area contributed by atoms with Gasteiger partial charge in [-0.05, 0) is 31.4 Å². The Labute approximate surface area is 408 Å². The summed E-state index contributed by atoms with van der Waals surface area (Å²) in [5, 5.41) is 34.2. The number of fused-ring (bicyclic) bond motifs is 5. The highest BCUT2D eigenvalue weighted by atomic mass is 32.2. The van der Waals surface area contributed by atoms with Crippen LogP contribution in [0.4, 0.5) is 0 Å². The van der Waals surface area contributed by atoms with Gasteiger partial charge in [0.05, 0.1) is 43.4 Å². The van der Waals surface area contributed by atoms with Gasteiger partial charge in [-0.1, -0.05) is 91.1 Å². The van der Waals surface area contributed by atoms with E-state index in [0.717, 1.165) is 11.1 Å². The van der Waals surface area contributed by atoms with Gasteiger partial charge in [-0.2, -0.15) is 9.97 Å². The molecule has 0 saturated carbocycles. The van der Waals surface area contributed by atoms with Crippen LogP contribution in [-0.2, 0) is 34.1 Å². The maximum atomic E-state index is 14.1. The second-order valence-corrected chi connectivity index (χ2v) is 21.9. The van der Waals surface area contributed by atoms with Gasteiger partial charge < -0.3 is 62.3 Å². The molecule has 368 valence electrons. The van der Waals surface area contributed by atoms with Crippen LogP contribution in [0.5, 0.6) is 0 Å². The van der Waals surface area contributed by atoms with Crippen molar-refractivity contribution in [1.82, 2.24) is 47.8 Å². The third kappa shape index (κ3) is 9.13. The van der Waals surface area contributed by atoms with Crippen molar-refractivity contribution in [1.29, 1.82) is 0 Å². The van der Waals surface area contributed by atoms with Crippen LogP contribution in [0.2, 0.25) is 0 Å². The highest BCUT2D eigenvalue weighted by Gasteiger charge is 2.49. The Hall–Kier alpha value is -4.62. The summed E-state index contributed by atoms with van der Waals surface area (Å²) in [5.41, 5.74) is 2.29. The fourth-order valence-corrected chi connectivity index (χ4v) is 12.4. The molecule has 10 atom stereocenters. The summed E-state index contributed by atoms with van der Waals surface area (Å²) in [5.74, 6) is 1.06. The predicted octanol–water partition coefficient (Wildman–Crippen LogP) is 4.39. The third-order valence-corrected chi connectivity index (χ3v) is 15.8. The van der Waals surface area contributed by atoms with Crippen LogP contribution in [0.3, 0.4) is 0 Å². The molecular weight excluding hydrogens is 987 g/mol. The Bertz CT molecular complexity index is 3310. The molecule has 22 nitrogen and oxygen atoms in total. The van der Waals surface area contributed by atoms with Crippen molar-refractivity contribution in [3.8, 4) is 22.5 Å². The number of aromatic amines is 2. The van der Waals surface area contributed by atoms with Crippen molar-refractivity contribution in [2.45, 2.75) is 97.8 Å². The number of nitrogens with zero attached hydrogens (tertiary/aromatic N) is 8. The molecule has 3 aliphatic rings. The average molecular weight is 1040 g/mol. The highest BCUT2D eigenvalue weighted by molar-refractivity contribution is 7.99. The second kappa shape index (κ2) is 19.4. The molecule has 0 amide bonds. The van der Waals surface area contributed by atoms with Gasteiger partial charge in [0.1, 0.15) is 36.6 Å². The van der Waals surface area contributed by atoms with Gasteiger partial charge in [-0.3, -0.25) is 14.2 Å². The summed E-state index contributed by atoms with van der Waals surface area (Å²) in [6, 6.07) is 19.1. The molecule has 0 spiro atoms. The summed E-state index contributed by atoms with van der Waals surface area (Å²) < 4.78 is 40.7. The fourth-order valence-electron chi connectivity index (χ4n) is 8.65. The molecule has 3 fully saturated rings. The molecule has 70 heavy (non-hydrogen) atoms. The number of aliphatic hydroxyl groups excluding tert-OH is 3. The smallest absolute Gasteiger partial charge is 0.330 e. The van der Waals surface area contributed by atoms with Crippen LogP contribution in [-0.4, -0.2) is 141 Å². The summed E-state index contributed by atoms with van der Waals surface area (Å²) in [4.78, 5) is 63.9. The quantitative estimate of drug-likeness (QED) is 0.0614. The van der Waals surface area contributed by atoms with Gasteiger partial charge in [-0.15, -0.1) is 0 Å². The number of hydrogen-bond donors (Lipinski definition) is 6. The molecule has 0 radical (unpaired) electrons. The lowest BCUT2D eigenvalue weighted by atomic mass is 10.1. The van der Waals surface area contributed by atoms with Crippen molar-refractivity contribution < 1.29 is 47.8 Å². The monoisotopic (exact) mass is 1030 g/mol. The summed E-state index contributed by atoms with van der Waals surface area (Å²) in [6.07, 6.45) is -3.07. The molecule has 0 bridgehead atoms. The molecule has 6 N–H and O–H groups in total. The van der Waals surface area contributed by atoms with E-state index in [2.05, 4.69) is 9.97 Å². The zero-order valence-electron chi connectivity index (χ0n) is 37.7. The van der Waals surface area contributed by atoms with Crippen LogP contribution in [0.25, 0.3) is 56.4 Å². The van der Waals surface area contributed by atoms with Crippen molar-refractivity contribution in [3.63, 3.8) is 0 Å². The zero-order chi connectivity index (χ0) is 48.4. The largest absolute Gasteiger partial charge is 0.388 e. The normalized spacial score (nSPS) is 24.4. The number of ether oxygens (including phenoxy) is 2. The summed E-state index contributed by atoms with van der Waals surface area (Å²) in [6.45, 7) is 5.99. The number of hydrogen-bond acceptors (Lipinski definition) is 18. The topological polar surface area (TPSA) is 272 Å². The van der Waals surface area contributed by atoms with E-state index >= 15 is 0 Å². The number of H-pyrrole nitrogens is 2. The van der Waals surface area contributed by atoms with Gasteiger partial charge in [0.2, 0.25) is 11.6 Å². The first-order valence-corrected chi connectivity index (χ1v) is 26.2. The average Bonchev–Trinajstić information content (AvgIpc) is 4.20. The molecule has 26 heteroatoms. The summed E-state index contributed by atoms with van der Waals surface area (Å²) >= 11 is 2.70. The Morgan fingerprint density at radius 3 is 2.19 bits per heavy atom. The molecule has 8 aromatic rings. The van der Waals surface area contributed by atoms with E-state index in [9.17, 15) is 29.8 Å². The minimum Gasteiger partial charge on any atom is -0.388 e. The van der Waals surface area contributed by atoms with Gasteiger partial charge in [0.15, 0.2) is 47.9 Å². The highest BCUT2D eigenvalue weighted by Crippen LogP contribution is 2.43. The molecule has 3 aliphatic heterocycles. The van der Waals surface area contributed by atoms with Crippen LogP contribution in [0.15, 0.2) is 93.0 Å². The lowest BCUT2D eigenvalue weighted by molar-refractivity contribution is -0.0956. The number of nitrogens with one attached hydrogen (secondary N) is 2. The molecule has 0 aliphatic carbocycles. The molecule has 2 aromatic carbocycles. The van der Waals surface area contributed by atoms with Gasteiger partial charge in [0.25, 0.3) is 11.1 Å². The van der Waals surface area contributed by atoms with E-state index in [1.54, 1.807) is 21.5 Å². The number of rotatable bonds is 15. The second-order valence-electron chi connectivity index (χ2n) is 17.8. The van der Waals surface area contributed by atoms with Crippen LogP contribution in [0.1, 0.15) is 33.4 Å². The minimum absolute atomic E-state index is 0.0721. The van der Waals surface area contributed by atoms with E-state index in [1.165, 1.54) is 32.3 Å². The third-order valence-electron chi connectivity index (χ3n) is 12.4. The van der Waals surface area contributed by atoms with E-state index in [1.807, 2.05) is 81.4 Å². The van der Waals surface area contributed by atoms with Gasteiger partial charge in [-0.25, -0.2) is 18.8 Å². The fraction of sp³-hybridized carbons (Fsp3) is 0.409. The lowest BCUT2D eigenvalue weighted by Crippen LogP contribution is -2.45. The Morgan fingerprint density at radius 1 is 0.900 bits per heavy atom. The standard InChI is InChI=1S/C44H48N10O12P2S2/c1-22(70-42-47-30-35(51(42)18-27(55)33-28(56)20-63-68(60)66-33)49-40-45-25(16-52(40)37(30)58)23-10-6-4-7-11-23)19-61-44(2,3)14-15-69-43-48-31-36(54(43)39-32(57)34-29(64-39)21-62-67-65-34)50-41-46-26(17-53(41)38(31)59)24-12-8-5-9-13-24/h4-13,16-17,22,27-29,32-34,39,55-57,60,67H,14-15,18-21H2,1-3H3,(H,45,49)(H,46,50)/t22?,27-,28?,29?,32?,33?,34?,39?,68?/m1/s1.